The number of nitrogens with one attached hydrogen (secondary N) is 2. The number of carbonyl (C=O) groups excluding carboxylic acids is 2. The molecule has 3 aromatic rings. The molecule has 28 heavy (non-hydrogen) atoms. The maximum absolute atomic E-state index is 12.6. The zero-order chi connectivity index (χ0) is 19.5. The van der Waals surface area contributed by atoms with E-state index in [-0.39, 0.29) is 18.0 Å². The van der Waals surface area contributed by atoms with Crippen LogP contribution in [0.2, 0.25) is 0 Å². The zero-order valence-electron chi connectivity index (χ0n) is 15.6. The fraction of sp³-hybridized carbons (Fsp3) is 0.350. The van der Waals surface area contributed by atoms with Crippen molar-refractivity contribution in [2.75, 3.05) is 19.7 Å². The number of aromatic nitrogens is 2. The number of hydrogen-bond acceptors (Lipinski definition) is 5. The zero-order valence-corrected chi connectivity index (χ0v) is 16.4. The predicted molar refractivity (Wildman–Crippen MR) is 108 cm³/mol. The SMILES string of the molecule is CCOC(=O)N1CCC(NC(=O)c2csc(-c3cc4ccccc4[nH]3)n2)CC1. The fourth-order valence-corrected chi connectivity index (χ4v) is 4.14. The summed E-state index contributed by atoms with van der Waals surface area (Å²) in [7, 11) is 0. The van der Waals surface area contributed by atoms with E-state index in [2.05, 4.69) is 15.3 Å². The Morgan fingerprint density at radius 2 is 2.11 bits per heavy atom. The topological polar surface area (TPSA) is 87.3 Å². The van der Waals surface area contributed by atoms with Crippen molar-refractivity contribution in [3.8, 4) is 10.7 Å². The van der Waals surface area contributed by atoms with Crippen LogP contribution in [-0.2, 0) is 4.74 Å². The van der Waals surface area contributed by atoms with Gasteiger partial charge in [0.25, 0.3) is 5.91 Å². The molecule has 146 valence electrons. The fourth-order valence-electron chi connectivity index (χ4n) is 3.37. The van der Waals surface area contributed by atoms with Crippen molar-refractivity contribution in [2.45, 2.75) is 25.8 Å². The van der Waals surface area contributed by atoms with E-state index in [0.29, 0.717) is 38.2 Å². The van der Waals surface area contributed by atoms with E-state index in [1.165, 1.54) is 11.3 Å². The van der Waals surface area contributed by atoms with Gasteiger partial charge in [-0.3, -0.25) is 4.79 Å². The summed E-state index contributed by atoms with van der Waals surface area (Å²) in [6, 6.07) is 10.1. The average molecular weight is 398 g/mol. The van der Waals surface area contributed by atoms with Crippen LogP contribution < -0.4 is 5.32 Å². The van der Waals surface area contributed by atoms with E-state index in [9.17, 15) is 9.59 Å². The Kier molecular flexibility index (Phi) is 5.29. The minimum Gasteiger partial charge on any atom is -0.450 e. The summed E-state index contributed by atoms with van der Waals surface area (Å²) < 4.78 is 5.02. The molecule has 3 heterocycles. The first-order chi connectivity index (χ1) is 13.6. The number of amides is 2. The van der Waals surface area contributed by atoms with Crippen LogP contribution >= 0.6 is 11.3 Å². The Morgan fingerprint density at radius 1 is 1.32 bits per heavy atom. The number of hydrogen-bond donors (Lipinski definition) is 2. The minimum atomic E-state index is -0.283. The molecule has 0 spiro atoms. The summed E-state index contributed by atoms with van der Waals surface area (Å²) >= 11 is 1.45. The summed E-state index contributed by atoms with van der Waals surface area (Å²) in [5.74, 6) is -0.173. The first-order valence-corrected chi connectivity index (χ1v) is 10.3. The molecule has 1 aromatic carbocycles. The lowest BCUT2D eigenvalue weighted by molar-refractivity contribution is 0.0857. The Bertz CT molecular complexity index is 955. The van der Waals surface area contributed by atoms with Crippen LogP contribution in [0.15, 0.2) is 35.7 Å². The molecule has 0 aliphatic carbocycles. The number of rotatable bonds is 4. The van der Waals surface area contributed by atoms with Gasteiger partial charge in [-0.05, 0) is 31.9 Å². The molecular formula is C20H22N4O3S. The molecule has 0 unspecified atom stereocenters. The van der Waals surface area contributed by atoms with Crippen molar-refractivity contribution in [3.05, 3.63) is 41.4 Å². The lowest BCUT2D eigenvalue weighted by Gasteiger charge is -2.31. The second-order valence-corrected chi connectivity index (χ2v) is 7.60. The normalized spacial score (nSPS) is 15.0. The van der Waals surface area contributed by atoms with Crippen molar-refractivity contribution >= 4 is 34.2 Å². The Hall–Kier alpha value is -2.87. The number of carbonyl (C=O) groups is 2. The first-order valence-electron chi connectivity index (χ1n) is 9.40. The van der Waals surface area contributed by atoms with Gasteiger partial charge in [-0.2, -0.15) is 0 Å². The van der Waals surface area contributed by atoms with Crippen LogP contribution in [0, 0.1) is 0 Å². The quantitative estimate of drug-likeness (QED) is 0.702. The number of piperidine rings is 1. The summed E-state index contributed by atoms with van der Waals surface area (Å²) in [5, 5.41) is 6.72. The molecule has 0 bridgehead atoms. The van der Waals surface area contributed by atoms with Gasteiger partial charge in [0.15, 0.2) is 0 Å². The third-order valence-corrected chi connectivity index (χ3v) is 5.73. The van der Waals surface area contributed by atoms with E-state index < -0.39 is 0 Å². The van der Waals surface area contributed by atoms with E-state index in [1.54, 1.807) is 17.2 Å². The number of thiazole rings is 1. The van der Waals surface area contributed by atoms with Gasteiger partial charge in [0.05, 0.1) is 12.3 Å². The third kappa shape index (κ3) is 3.87. The van der Waals surface area contributed by atoms with Crippen molar-refractivity contribution in [3.63, 3.8) is 0 Å². The van der Waals surface area contributed by atoms with E-state index in [1.807, 2.05) is 30.3 Å². The van der Waals surface area contributed by atoms with Crippen LogP contribution in [0.1, 0.15) is 30.3 Å². The van der Waals surface area contributed by atoms with E-state index >= 15 is 0 Å². The average Bonchev–Trinajstić information content (AvgIpc) is 3.35. The summed E-state index contributed by atoms with van der Waals surface area (Å²) in [6.07, 6.45) is 1.14. The highest BCUT2D eigenvalue weighted by Crippen LogP contribution is 2.27. The van der Waals surface area contributed by atoms with Gasteiger partial charge >= 0.3 is 6.09 Å². The smallest absolute Gasteiger partial charge is 0.409 e. The molecule has 0 radical (unpaired) electrons. The minimum absolute atomic E-state index is 0.0383. The molecule has 2 amide bonds. The molecule has 4 rings (SSSR count). The molecule has 0 atom stereocenters. The monoisotopic (exact) mass is 398 g/mol. The number of para-hydroxylation sites is 1. The van der Waals surface area contributed by atoms with Crippen molar-refractivity contribution in [2.24, 2.45) is 0 Å². The van der Waals surface area contributed by atoms with E-state index in [4.69, 9.17) is 4.74 Å². The van der Waals surface area contributed by atoms with Gasteiger partial charge in [-0.1, -0.05) is 18.2 Å². The maximum Gasteiger partial charge on any atom is 0.409 e. The van der Waals surface area contributed by atoms with Crippen LogP contribution in [0.3, 0.4) is 0 Å². The highest BCUT2D eigenvalue weighted by Gasteiger charge is 2.25. The van der Waals surface area contributed by atoms with Gasteiger partial charge in [0.2, 0.25) is 0 Å². The molecule has 8 heteroatoms. The molecule has 1 aliphatic heterocycles. The molecule has 1 saturated heterocycles. The molecule has 2 N–H and O–H groups in total. The van der Waals surface area contributed by atoms with E-state index in [0.717, 1.165) is 21.6 Å². The number of ether oxygens (including phenoxy) is 1. The largest absolute Gasteiger partial charge is 0.450 e. The molecule has 0 saturated carbocycles. The number of fused-ring (bicyclic) bond motifs is 1. The van der Waals surface area contributed by atoms with Gasteiger partial charge in [-0.25, -0.2) is 9.78 Å². The maximum atomic E-state index is 12.6. The molecule has 1 aliphatic rings. The predicted octanol–water partition coefficient (Wildman–Crippen LogP) is 3.64. The van der Waals surface area contributed by atoms with Crippen molar-refractivity contribution in [1.29, 1.82) is 0 Å². The van der Waals surface area contributed by atoms with Crippen molar-refractivity contribution in [1.82, 2.24) is 20.2 Å². The highest BCUT2D eigenvalue weighted by atomic mass is 32.1. The van der Waals surface area contributed by atoms with Crippen LogP contribution in [0.25, 0.3) is 21.6 Å². The van der Waals surface area contributed by atoms with Gasteiger partial charge in [0, 0.05) is 35.4 Å². The molecular weight excluding hydrogens is 376 g/mol. The third-order valence-electron chi connectivity index (χ3n) is 4.85. The molecule has 2 aromatic heterocycles. The molecule has 1 fully saturated rings. The number of aromatic amines is 1. The summed E-state index contributed by atoms with van der Waals surface area (Å²) in [4.78, 5) is 33.8. The second-order valence-electron chi connectivity index (χ2n) is 6.74. The second kappa shape index (κ2) is 8.02. The summed E-state index contributed by atoms with van der Waals surface area (Å²) in [6.45, 7) is 3.34. The Morgan fingerprint density at radius 3 is 2.86 bits per heavy atom. The van der Waals surface area contributed by atoms with Crippen LogP contribution in [-0.4, -0.2) is 52.6 Å². The Labute approximate surface area is 166 Å². The van der Waals surface area contributed by atoms with Gasteiger partial charge < -0.3 is 19.9 Å². The standard InChI is InChI=1S/C20H22N4O3S/c1-2-27-20(26)24-9-7-14(8-10-24)21-18(25)17-12-28-19(23-17)16-11-13-5-3-4-6-15(13)22-16/h3-6,11-12,14,22H,2,7-10H2,1H3,(H,21,25). The molecule has 7 nitrogen and oxygen atoms in total. The number of likely N-dealkylation sites (tertiary alicyclic amines) is 1. The number of H-pyrrole nitrogens is 1. The Balaban J connectivity index is 1.37. The first kappa shape index (κ1) is 18.5. The van der Waals surface area contributed by atoms with Crippen LogP contribution in [0.5, 0.6) is 0 Å². The van der Waals surface area contributed by atoms with Gasteiger partial charge in [-0.15, -0.1) is 11.3 Å². The van der Waals surface area contributed by atoms with Crippen LogP contribution in [0.4, 0.5) is 4.79 Å². The summed E-state index contributed by atoms with van der Waals surface area (Å²) in [5.41, 5.74) is 2.38. The number of benzene rings is 1. The lowest BCUT2D eigenvalue weighted by atomic mass is 10.1. The number of nitrogens with zero attached hydrogens (tertiary/aromatic N) is 2. The lowest BCUT2D eigenvalue weighted by Crippen LogP contribution is -2.46. The van der Waals surface area contributed by atoms with Crippen molar-refractivity contribution < 1.29 is 14.3 Å². The highest BCUT2D eigenvalue weighted by molar-refractivity contribution is 7.13. The van der Waals surface area contributed by atoms with Gasteiger partial charge in [0.1, 0.15) is 10.7 Å².